The van der Waals surface area contributed by atoms with Crippen LogP contribution in [-0.4, -0.2) is 34.8 Å². The summed E-state index contributed by atoms with van der Waals surface area (Å²) in [7, 11) is 0. The Morgan fingerprint density at radius 1 is 1.12 bits per heavy atom. The lowest BCUT2D eigenvalue weighted by molar-refractivity contribution is -0.120. The molecule has 180 valence electrons. The third-order valence-corrected chi connectivity index (χ3v) is 6.78. The number of carbonyl (C=O) groups excluding carboxylic acids is 1. The number of amides is 1. The maximum atomic E-state index is 13.8. The molecule has 0 spiro atoms. The largest absolute Gasteiger partial charge is 0.505 e. The molecule has 0 aromatic heterocycles. The average Bonchev–Trinajstić information content (AvgIpc) is 2.80. The number of aliphatic hydroxyl groups is 1. The van der Waals surface area contributed by atoms with E-state index in [4.69, 9.17) is 0 Å². The van der Waals surface area contributed by atoms with Crippen LogP contribution in [0.3, 0.4) is 0 Å². The van der Waals surface area contributed by atoms with Gasteiger partial charge in [-0.1, -0.05) is 63.4 Å². The molecule has 6 heteroatoms. The van der Waals surface area contributed by atoms with Crippen molar-refractivity contribution >= 4 is 5.91 Å². The van der Waals surface area contributed by atoms with E-state index >= 15 is 0 Å². The normalized spacial score (nSPS) is 17.5. The van der Waals surface area contributed by atoms with Gasteiger partial charge >= 0.3 is 0 Å². The Morgan fingerprint density at radius 2 is 1.85 bits per heavy atom. The summed E-state index contributed by atoms with van der Waals surface area (Å²) in [6.45, 7) is 6.09. The van der Waals surface area contributed by atoms with Crippen LogP contribution in [0.15, 0.2) is 42.5 Å². The Bertz CT molecular complexity index is 941. The number of phenols is 1. The van der Waals surface area contributed by atoms with Crippen LogP contribution < -0.4 is 10.6 Å². The number of rotatable bonds is 9. The van der Waals surface area contributed by atoms with Crippen LogP contribution in [0, 0.1) is 5.82 Å². The van der Waals surface area contributed by atoms with Crippen molar-refractivity contribution in [1.82, 2.24) is 10.6 Å². The summed E-state index contributed by atoms with van der Waals surface area (Å²) in [5, 5.41) is 27.0. The van der Waals surface area contributed by atoms with E-state index < -0.39 is 23.7 Å². The van der Waals surface area contributed by atoms with E-state index in [1.165, 1.54) is 36.6 Å². The number of hydrogen-bond acceptors (Lipinski definition) is 4. The molecular formula is C27H37FN2O3. The molecule has 1 aliphatic rings. The first-order valence-corrected chi connectivity index (χ1v) is 12.0. The number of phenolic OH excluding ortho intramolecular Hbond substituents is 1. The summed E-state index contributed by atoms with van der Waals surface area (Å²) in [4.78, 5) is 11.8. The molecule has 1 aliphatic carbocycles. The van der Waals surface area contributed by atoms with E-state index in [-0.39, 0.29) is 17.9 Å². The fraction of sp³-hybridized carbons (Fsp3) is 0.519. The summed E-state index contributed by atoms with van der Waals surface area (Å²) in [5.41, 5.74) is 2.93. The van der Waals surface area contributed by atoms with Gasteiger partial charge in [-0.2, -0.15) is 0 Å². The van der Waals surface area contributed by atoms with Gasteiger partial charge in [-0.15, -0.1) is 0 Å². The zero-order chi connectivity index (χ0) is 24.0. The number of nitrogens with one attached hydrogen (secondary N) is 2. The van der Waals surface area contributed by atoms with E-state index in [0.29, 0.717) is 18.0 Å². The Labute approximate surface area is 196 Å². The van der Waals surface area contributed by atoms with Crippen LogP contribution in [0.2, 0.25) is 0 Å². The standard InChI is InChI=1S/C27H37FN2O3/c1-18(2)21-8-7-9-22(16-21)27(12-5-4-6-13-27)29-17-26(33)24(30-19(3)31)15-20-10-11-25(32)23(28)14-20/h7-11,14,16,18,24,26,29,32-33H,4-6,12-13,15,17H2,1-3H3,(H,30,31)/t24-,26+/m0/s1. The number of carbonyl (C=O) groups is 1. The highest BCUT2D eigenvalue weighted by Gasteiger charge is 2.35. The van der Waals surface area contributed by atoms with Gasteiger partial charge in [0.25, 0.3) is 0 Å². The van der Waals surface area contributed by atoms with Gasteiger partial charge in [0.1, 0.15) is 0 Å². The number of halogens is 1. The first kappa shape index (κ1) is 25.2. The van der Waals surface area contributed by atoms with Crippen LogP contribution in [0.4, 0.5) is 4.39 Å². The molecule has 0 unspecified atom stereocenters. The van der Waals surface area contributed by atoms with Crippen LogP contribution in [0.25, 0.3) is 0 Å². The van der Waals surface area contributed by atoms with Crippen molar-refractivity contribution in [1.29, 1.82) is 0 Å². The van der Waals surface area contributed by atoms with Crippen molar-refractivity contribution in [3.8, 4) is 5.75 Å². The fourth-order valence-electron chi connectivity index (χ4n) is 4.84. The van der Waals surface area contributed by atoms with E-state index in [9.17, 15) is 19.4 Å². The minimum Gasteiger partial charge on any atom is -0.505 e. The van der Waals surface area contributed by atoms with Crippen LogP contribution in [0.1, 0.15) is 75.5 Å². The van der Waals surface area contributed by atoms with Crippen LogP contribution in [-0.2, 0) is 16.8 Å². The molecule has 0 aliphatic heterocycles. The molecule has 2 aromatic rings. The maximum absolute atomic E-state index is 13.8. The van der Waals surface area contributed by atoms with Crippen LogP contribution in [0.5, 0.6) is 5.75 Å². The number of aromatic hydroxyl groups is 1. The maximum Gasteiger partial charge on any atom is 0.217 e. The molecule has 0 heterocycles. The zero-order valence-electron chi connectivity index (χ0n) is 19.9. The van der Waals surface area contributed by atoms with Crippen molar-refractivity contribution in [3.63, 3.8) is 0 Å². The Kier molecular flexibility index (Phi) is 8.49. The van der Waals surface area contributed by atoms with Crippen molar-refractivity contribution in [2.45, 2.75) is 82.9 Å². The third-order valence-electron chi connectivity index (χ3n) is 6.78. The summed E-state index contributed by atoms with van der Waals surface area (Å²) < 4.78 is 13.8. The van der Waals surface area contributed by atoms with Gasteiger partial charge in [-0.3, -0.25) is 4.79 Å². The topological polar surface area (TPSA) is 81.6 Å². The predicted molar refractivity (Wildman–Crippen MR) is 129 cm³/mol. The molecule has 2 atom stereocenters. The summed E-state index contributed by atoms with van der Waals surface area (Å²) >= 11 is 0. The van der Waals surface area contributed by atoms with E-state index in [2.05, 4.69) is 48.7 Å². The summed E-state index contributed by atoms with van der Waals surface area (Å²) in [6, 6.07) is 12.3. The van der Waals surface area contributed by atoms with E-state index in [1.54, 1.807) is 6.07 Å². The van der Waals surface area contributed by atoms with E-state index in [1.807, 2.05) is 0 Å². The minimum absolute atomic E-state index is 0.213. The van der Waals surface area contributed by atoms with E-state index in [0.717, 1.165) is 25.7 Å². The molecule has 1 fully saturated rings. The first-order chi connectivity index (χ1) is 15.7. The van der Waals surface area contributed by atoms with Crippen molar-refractivity contribution in [3.05, 3.63) is 65.0 Å². The second kappa shape index (κ2) is 11.1. The Hall–Kier alpha value is -2.44. The van der Waals surface area contributed by atoms with Gasteiger partial charge in [0.15, 0.2) is 11.6 Å². The highest BCUT2D eigenvalue weighted by Crippen LogP contribution is 2.38. The van der Waals surface area contributed by atoms with Gasteiger partial charge in [0.05, 0.1) is 12.1 Å². The number of benzene rings is 2. The lowest BCUT2D eigenvalue weighted by Gasteiger charge is -2.40. The van der Waals surface area contributed by atoms with Gasteiger partial charge < -0.3 is 20.8 Å². The fourth-order valence-corrected chi connectivity index (χ4v) is 4.84. The lowest BCUT2D eigenvalue weighted by Crippen LogP contribution is -2.53. The predicted octanol–water partition coefficient (Wildman–Crippen LogP) is 4.51. The van der Waals surface area contributed by atoms with Crippen molar-refractivity contribution in [2.24, 2.45) is 0 Å². The molecule has 0 bridgehead atoms. The van der Waals surface area contributed by atoms with Gasteiger partial charge in [-0.05, 0) is 54.0 Å². The highest BCUT2D eigenvalue weighted by molar-refractivity contribution is 5.73. The minimum atomic E-state index is -0.863. The molecule has 0 saturated heterocycles. The summed E-state index contributed by atoms with van der Waals surface area (Å²) in [5.74, 6) is -0.950. The van der Waals surface area contributed by atoms with Crippen LogP contribution >= 0.6 is 0 Å². The monoisotopic (exact) mass is 456 g/mol. The molecule has 3 rings (SSSR count). The Balaban J connectivity index is 1.78. The number of hydrogen-bond donors (Lipinski definition) is 4. The van der Waals surface area contributed by atoms with Gasteiger partial charge in [0, 0.05) is 19.0 Å². The molecule has 33 heavy (non-hydrogen) atoms. The highest BCUT2D eigenvalue weighted by atomic mass is 19.1. The summed E-state index contributed by atoms with van der Waals surface area (Å²) in [6.07, 6.45) is 4.84. The lowest BCUT2D eigenvalue weighted by atomic mass is 9.75. The smallest absolute Gasteiger partial charge is 0.217 e. The zero-order valence-corrected chi connectivity index (χ0v) is 19.9. The second-order valence-electron chi connectivity index (χ2n) is 9.67. The molecule has 5 nitrogen and oxygen atoms in total. The molecule has 1 amide bonds. The average molecular weight is 457 g/mol. The molecule has 2 aromatic carbocycles. The Morgan fingerprint density at radius 3 is 2.48 bits per heavy atom. The third kappa shape index (κ3) is 6.55. The second-order valence-corrected chi connectivity index (χ2v) is 9.67. The SMILES string of the molecule is CC(=O)N[C@@H](Cc1ccc(O)c(F)c1)[C@H](O)CNC1(c2cccc(C(C)C)c2)CCCCC1. The molecular weight excluding hydrogens is 419 g/mol. The van der Waals surface area contributed by atoms with Gasteiger partial charge in [0.2, 0.25) is 5.91 Å². The van der Waals surface area contributed by atoms with Crippen molar-refractivity contribution < 1.29 is 19.4 Å². The first-order valence-electron chi connectivity index (χ1n) is 12.0. The molecule has 4 N–H and O–H groups in total. The molecule has 1 saturated carbocycles. The molecule has 0 radical (unpaired) electrons. The van der Waals surface area contributed by atoms with Crippen molar-refractivity contribution in [2.75, 3.05) is 6.54 Å². The quantitative estimate of drug-likeness (QED) is 0.447. The van der Waals surface area contributed by atoms with Gasteiger partial charge in [-0.25, -0.2) is 4.39 Å². The number of aliphatic hydroxyl groups excluding tert-OH is 1.